The van der Waals surface area contributed by atoms with E-state index in [0.29, 0.717) is 36.0 Å². The van der Waals surface area contributed by atoms with Gasteiger partial charge in [-0.3, -0.25) is 14.7 Å². The monoisotopic (exact) mass is 1110 g/mol. The number of rotatable bonds is 17. The molecule has 4 aliphatic carbocycles. The lowest BCUT2D eigenvalue weighted by Crippen LogP contribution is -2.63. The number of hydrogen-bond donors (Lipinski definition) is 2. The van der Waals surface area contributed by atoms with E-state index in [-0.39, 0.29) is 80.3 Å². The van der Waals surface area contributed by atoms with Crippen LogP contribution >= 0.6 is 11.6 Å². The highest BCUT2D eigenvalue weighted by Crippen LogP contribution is 2.58. The minimum absolute atomic E-state index is 0.00270. The molecule has 17 heteroatoms. The summed E-state index contributed by atoms with van der Waals surface area (Å²) in [5, 5.41) is 5.78. The van der Waals surface area contributed by atoms with Crippen LogP contribution in [-0.2, 0) is 42.1 Å². The molecule has 1 saturated carbocycles. The molecule has 0 radical (unpaired) electrons. The SMILES string of the molecule is COC(=O)C1(N(C(=O)C(F)(F)F)c2cccc(Cl)c2)CCC2(CC1)c1cc(OC(CCNC(=O)OC(C)(C)C)CNC(=O)OCC3c4ccccc4-c4ccccc43)ccc1C[C@@H]2C[C@@H](C)COc1ccnc2c1[C@H](C)CCC2. The van der Waals surface area contributed by atoms with Gasteiger partial charge in [-0.05, 0) is 172 Å². The molecule has 5 aromatic rings. The summed E-state index contributed by atoms with van der Waals surface area (Å²) in [5.41, 5.74) is 4.85. The van der Waals surface area contributed by atoms with Crippen LogP contribution in [0.2, 0.25) is 5.02 Å². The Morgan fingerprint density at radius 3 is 2.25 bits per heavy atom. The lowest BCUT2D eigenvalue weighted by atomic mass is 9.59. The molecule has 79 heavy (non-hydrogen) atoms. The summed E-state index contributed by atoms with van der Waals surface area (Å²) in [4.78, 5) is 59.5. The Labute approximate surface area is 465 Å². The Kier molecular flexibility index (Phi) is 16.9. The van der Waals surface area contributed by atoms with Crippen LogP contribution in [0.3, 0.4) is 0 Å². The Morgan fingerprint density at radius 1 is 0.873 bits per heavy atom. The first-order valence-corrected chi connectivity index (χ1v) is 27.8. The second kappa shape index (κ2) is 23.5. The van der Waals surface area contributed by atoms with Gasteiger partial charge in [-0.2, -0.15) is 13.2 Å². The predicted molar refractivity (Wildman–Crippen MR) is 295 cm³/mol. The molecule has 2 N–H and O–H groups in total. The number of hydrogen-bond acceptors (Lipinski definition) is 10. The number of alkyl halides is 3. The zero-order valence-corrected chi connectivity index (χ0v) is 46.4. The summed E-state index contributed by atoms with van der Waals surface area (Å²) in [5.74, 6) is -1.77. The average molecular weight is 1110 g/mol. The summed E-state index contributed by atoms with van der Waals surface area (Å²) in [6.45, 7) is 10.3. The van der Waals surface area contributed by atoms with Crippen molar-refractivity contribution < 1.29 is 56.0 Å². The molecule has 9 rings (SSSR count). The van der Waals surface area contributed by atoms with Crippen LogP contribution in [0.1, 0.15) is 131 Å². The maximum absolute atomic E-state index is 14.8. The van der Waals surface area contributed by atoms with Crippen molar-refractivity contribution in [3.05, 3.63) is 142 Å². The summed E-state index contributed by atoms with van der Waals surface area (Å²) in [6.07, 6.45) is -0.840. The second-order valence-corrected chi connectivity index (χ2v) is 23.2. The van der Waals surface area contributed by atoms with Crippen molar-refractivity contribution >= 4 is 41.4 Å². The number of methoxy groups -OCH3 is 1. The fourth-order valence-corrected chi connectivity index (χ4v) is 13.0. The molecule has 420 valence electrons. The highest BCUT2D eigenvalue weighted by Gasteiger charge is 2.60. The highest BCUT2D eigenvalue weighted by atomic mass is 35.5. The number of pyridine rings is 1. The molecule has 0 bridgehead atoms. The van der Waals surface area contributed by atoms with E-state index >= 15 is 0 Å². The van der Waals surface area contributed by atoms with Crippen molar-refractivity contribution in [1.82, 2.24) is 15.6 Å². The third kappa shape index (κ3) is 12.3. The number of alkyl carbamates (subject to hydrolysis) is 2. The quantitative estimate of drug-likeness (QED) is 0.0679. The molecule has 1 spiro atoms. The largest absolute Gasteiger partial charge is 0.493 e. The highest BCUT2D eigenvalue weighted by molar-refractivity contribution is 6.31. The lowest BCUT2D eigenvalue weighted by molar-refractivity contribution is -0.174. The van der Waals surface area contributed by atoms with Crippen LogP contribution in [0, 0.1) is 11.8 Å². The first-order chi connectivity index (χ1) is 37.7. The summed E-state index contributed by atoms with van der Waals surface area (Å²) in [7, 11) is 1.12. The van der Waals surface area contributed by atoms with Crippen LogP contribution in [0.15, 0.2) is 103 Å². The van der Waals surface area contributed by atoms with Crippen LogP contribution in [0.25, 0.3) is 11.1 Å². The van der Waals surface area contributed by atoms with E-state index < -0.39 is 52.9 Å². The molecular weight excluding hydrogens is 1040 g/mol. The Bertz CT molecular complexity index is 3000. The van der Waals surface area contributed by atoms with E-state index in [9.17, 15) is 32.3 Å². The van der Waals surface area contributed by atoms with Crippen LogP contribution in [0.4, 0.5) is 28.4 Å². The average Bonchev–Trinajstić information content (AvgIpc) is 3.79. The molecule has 1 fully saturated rings. The molecule has 3 amide bonds. The summed E-state index contributed by atoms with van der Waals surface area (Å²) >= 11 is 6.34. The van der Waals surface area contributed by atoms with E-state index in [4.69, 9.17) is 35.3 Å². The van der Waals surface area contributed by atoms with Crippen LogP contribution in [0.5, 0.6) is 11.5 Å². The first kappa shape index (κ1) is 56.9. The topological polar surface area (TPSA) is 155 Å². The van der Waals surface area contributed by atoms with Crippen molar-refractivity contribution in [3.8, 4) is 22.6 Å². The Morgan fingerprint density at radius 2 is 1.58 bits per heavy atom. The maximum Gasteiger partial charge on any atom is 0.471 e. The molecule has 1 aromatic heterocycles. The minimum Gasteiger partial charge on any atom is -0.493 e. The molecule has 0 saturated heterocycles. The third-order valence-corrected chi connectivity index (χ3v) is 16.6. The van der Waals surface area contributed by atoms with Crippen LogP contribution in [-0.4, -0.2) is 85.9 Å². The zero-order valence-electron chi connectivity index (χ0n) is 45.7. The number of esters is 1. The number of aryl methyl sites for hydroxylation is 1. The van der Waals surface area contributed by atoms with E-state index in [0.717, 1.165) is 76.8 Å². The first-order valence-electron chi connectivity index (χ1n) is 27.4. The number of halogens is 4. The Hall–Kier alpha value is -6.81. The summed E-state index contributed by atoms with van der Waals surface area (Å²) in [6, 6.07) is 29.4. The smallest absolute Gasteiger partial charge is 0.471 e. The number of aromatic nitrogens is 1. The summed E-state index contributed by atoms with van der Waals surface area (Å²) < 4.78 is 74.3. The number of carbonyl (C=O) groups is 4. The number of ether oxygens (including phenoxy) is 5. The lowest BCUT2D eigenvalue weighted by Gasteiger charge is -2.51. The van der Waals surface area contributed by atoms with E-state index in [1.807, 2.05) is 60.7 Å². The molecule has 13 nitrogen and oxygen atoms in total. The number of anilines is 1. The number of nitrogens with one attached hydrogen (secondary N) is 2. The molecule has 4 aromatic carbocycles. The zero-order chi connectivity index (χ0) is 56.3. The molecule has 1 heterocycles. The maximum atomic E-state index is 14.8. The number of fused-ring (bicyclic) bond motifs is 6. The van der Waals surface area contributed by atoms with Gasteiger partial charge in [0.25, 0.3) is 0 Å². The molecular formula is C62H70ClF3N4O9. The van der Waals surface area contributed by atoms with Crippen molar-refractivity contribution in [3.63, 3.8) is 0 Å². The van der Waals surface area contributed by atoms with Gasteiger partial charge in [0.1, 0.15) is 35.3 Å². The number of amides is 3. The second-order valence-electron chi connectivity index (χ2n) is 22.8. The fraction of sp³-hybridized carbons (Fsp3) is 0.468. The van der Waals surface area contributed by atoms with E-state index in [1.165, 1.54) is 24.3 Å². The number of benzene rings is 4. The van der Waals surface area contributed by atoms with Gasteiger partial charge < -0.3 is 34.3 Å². The number of carbonyl (C=O) groups excluding carboxylic acids is 4. The number of nitrogens with zero attached hydrogens (tertiary/aromatic N) is 2. The molecule has 1 unspecified atom stereocenters. The van der Waals surface area contributed by atoms with E-state index in [1.54, 1.807) is 27.0 Å². The molecule has 4 aliphatic rings. The van der Waals surface area contributed by atoms with Gasteiger partial charge in [0, 0.05) is 47.0 Å². The van der Waals surface area contributed by atoms with Gasteiger partial charge >= 0.3 is 30.2 Å². The van der Waals surface area contributed by atoms with Gasteiger partial charge in [-0.1, -0.05) is 86.1 Å². The fourth-order valence-electron chi connectivity index (χ4n) is 12.8. The van der Waals surface area contributed by atoms with Crippen molar-refractivity contribution in [2.24, 2.45) is 11.8 Å². The van der Waals surface area contributed by atoms with Gasteiger partial charge in [0.15, 0.2) is 0 Å². The van der Waals surface area contributed by atoms with E-state index in [2.05, 4.69) is 41.6 Å². The molecule has 0 aliphatic heterocycles. The van der Waals surface area contributed by atoms with Gasteiger partial charge in [0.05, 0.1) is 20.3 Å². The van der Waals surface area contributed by atoms with Crippen molar-refractivity contribution in [1.29, 1.82) is 0 Å². The predicted octanol–water partition coefficient (Wildman–Crippen LogP) is 13.0. The minimum atomic E-state index is -5.34. The standard InChI is InChI=1S/C62H70ClF3N4O9/c1-38(36-76-53-24-30-67-52-20-11-13-39(2)54(52)53)31-41-32-40-21-22-44(34-51(40)60(41)25-27-61(28-26-60,56(72)75-6)70(55(71)62(64,65)66)43-15-12-14-42(63)33-43)78-45(23-29-68-58(74)79-59(3,4)5)35-69-57(73)77-37-50-48-18-9-7-16-46(48)47-17-8-10-19-49(47)50/h7-10,12,14-19,21-22,24,30,33-34,38-39,41,45,50H,11,13,20,23,25-29,31-32,35-37H2,1-6H3,(H,68,74)(H,69,73)/t38-,39-,41+,45?,60?,61?/m1/s1. The molecule has 4 atom stereocenters. The van der Waals surface area contributed by atoms with Crippen molar-refractivity contribution in [2.45, 2.75) is 139 Å². The third-order valence-electron chi connectivity index (χ3n) is 16.4. The normalized spacial score (nSPS) is 21.1. The van der Waals surface area contributed by atoms with Gasteiger partial charge in [-0.25, -0.2) is 14.4 Å². The van der Waals surface area contributed by atoms with Gasteiger partial charge in [-0.15, -0.1) is 0 Å². The Balaban J connectivity index is 0.994. The van der Waals surface area contributed by atoms with Crippen LogP contribution < -0.4 is 25.0 Å². The van der Waals surface area contributed by atoms with Crippen molar-refractivity contribution in [2.75, 3.05) is 38.3 Å². The van der Waals surface area contributed by atoms with Gasteiger partial charge in [0.2, 0.25) is 0 Å².